The van der Waals surface area contributed by atoms with Gasteiger partial charge in [-0.25, -0.2) is 19.3 Å². The minimum atomic E-state index is 0.792. The van der Waals surface area contributed by atoms with Crippen molar-refractivity contribution in [1.29, 1.82) is 0 Å². The molecule has 0 aliphatic heterocycles. The van der Waals surface area contributed by atoms with Crippen LogP contribution in [0.25, 0.3) is 22.3 Å². The maximum atomic E-state index is 4.34. The third-order valence-electron chi connectivity index (χ3n) is 2.83. The summed E-state index contributed by atoms with van der Waals surface area (Å²) in [7, 11) is 0. The summed E-state index contributed by atoms with van der Waals surface area (Å²) >= 11 is 0. The molecule has 4 heterocycles. The van der Waals surface area contributed by atoms with E-state index in [2.05, 4.69) is 19.9 Å². The van der Waals surface area contributed by atoms with Crippen LogP contribution in [0.15, 0.2) is 49.3 Å². The molecule has 0 aliphatic rings. The van der Waals surface area contributed by atoms with Crippen molar-refractivity contribution in [1.82, 2.24) is 29.3 Å². The highest BCUT2D eigenvalue weighted by atomic mass is 15.5. The van der Waals surface area contributed by atoms with Crippen molar-refractivity contribution >= 4 is 22.3 Å². The maximum Gasteiger partial charge on any atom is 0.178 e. The molecular weight excluding hydrogens is 228 g/mol. The lowest BCUT2D eigenvalue weighted by Gasteiger charge is -2.06. The third-order valence-corrected chi connectivity index (χ3v) is 2.83. The maximum absolute atomic E-state index is 4.34. The molecular formula is C12H8N6. The van der Waals surface area contributed by atoms with Crippen LogP contribution < -0.4 is 0 Å². The molecule has 0 unspecified atom stereocenters. The highest BCUT2D eigenvalue weighted by Crippen LogP contribution is 2.15. The zero-order valence-corrected chi connectivity index (χ0v) is 9.30. The second kappa shape index (κ2) is 3.36. The zero-order valence-electron chi connectivity index (χ0n) is 9.30. The normalized spacial score (nSPS) is 11.3. The van der Waals surface area contributed by atoms with Crippen LogP contribution in [-0.2, 0) is 0 Å². The lowest BCUT2D eigenvalue weighted by molar-refractivity contribution is 0.702. The van der Waals surface area contributed by atoms with Gasteiger partial charge in [0, 0.05) is 37.2 Å². The Balaban J connectivity index is 2.08. The van der Waals surface area contributed by atoms with E-state index in [4.69, 9.17) is 0 Å². The summed E-state index contributed by atoms with van der Waals surface area (Å²) in [4.78, 5) is 17.2. The molecule has 4 aromatic rings. The third kappa shape index (κ3) is 1.17. The van der Waals surface area contributed by atoms with Gasteiger partial charge in [0.15, 0.2) is 11.3 Å². The lowest BCUT2D eigenvalue weighted by Crippen LogP contribution is -2.07. The minimum absolute atomic E-state index is 0.792. The highest BCUT2D eigenvalue weighted by Gasteiger charge is 2.08. The fourth-order valence-corrected chi connectivity index (χ4v) is 2.04. The predicted octanol–water partition coefficient (Wildman–Crippen LogP) is 1.49. The van der Waals surface area contributed by atoms with Crippen LogP contribution in [0.1, 0.15) is 0 Å². The van der Waals surface area contributed by atoms with Gasteiger partial charge in [-0.3, -0.25) is 9.97 Å². The van der Waals surface area contributed by atoms with Crippen LogP contribution in [-0.4, -0.2) is 29.3 Å². The first-order chi connectivity index (χ1) is 8.93. The van der Waals surface area contributed by atoms with Crippen molar-refractivity contribution < 1.29 is 0 Å². The summed E-state index contributed by atoms with van der Waals surface area (Å²) in [5.74, 6) is 0. The Hall–Kier alpha value is -2.76. The standard InChI is InChI=1S/C12H8N6/c1-7-17(11-9(1)13-3-5-15-11)18-8-2-10-12(18)16-6-4-14-10/h1-8H. The van der Waals surface area contributed by atoms with Gasteiger partial charge in [0.05, 0.1) is 0 Å². The number of aromatic nitrogens is 6. The quantitative estimate of drug-likeness (QED) is 0.502. The van der Waals surface area contributed by atoms with E-state index < -0.39 is 0 Å². The lowest BCUT2D eigenvalue weighted by atomic mass is 10.5. The van der Waals surface area contributed by atoms with E-state index in [1.165, 1.54) is 0 Å². The first-order valence-corrected chi connectivity index (χ1v) is 5.50. The SMILES string of the molecule is c1cnc2c(ccn2-n2ccc3nccnc32)n1. The van der Waals surface area contributed by atoms with E-state index in [-0.39, 0.29) is 0 Å². The molecule has 0 radical (unpaired) electrons. The minimum Gasteiger partial charge on any atom is -0.251 e. The number of rotatable bonds is 1. The number of hydrogen-bond donors (Lipinski definition) is 0. The topological polar surface area (TPSA) is 61.4 Å². The molecule has 0 aromatic carbocycles. The second-order valence-electron chi connectivity index (χ2n) is 3.85. The molecule has 0 amide bonds. The smallest absolute Gasteiger partial charge is 0.178 e. The molecule has 0 N–H and O–H groups in total. The van der Waals surface area contributed by atoms with E-state index in [1.54, 1.807) is 24.8 Å². The average Bonchev–Trinajstić information content (AvgIpc) is 3.01. The Morgan fingerprint density at radius 3 is 1.56 bits per heavy atom. The van der Waals surface area contributed by atoms with Crippen molar-refractivity contribution in [2.45, 2.75) is 0 Å². The summed E-state index contributed by atoms with van der Waals surface area (Å²) in [6, 6.07) is 3.84. The molecule has 0 saturated carbocycles. The fraction of sp³-hybridized carbons (Fsp3) is 0. The van der Waals surface area contributed by atoms with Crippen molar-refractivity contribution in [3.05, 3.63) is 49.3 Å². The van der Waals surface area contributed by atoms with Gasteiger partial charge < -0.3 is 0 Å². The van der Waals surface area contributed by atoms with Crippen LogP contribution in [0.2, 0.25) is 0 Å². The summed E-state index contributed by atoms with van der Waals surface area (Å²) in [6.07, 6.45) is 10.5. The van der Waals surface area contributed by atoms with Crippen LogP contribution >= 0.6 is 0 Å². The van der Waals surface area contributed by atoms with Gasteiger partial charge in [-0.1, -0.05) is 0 Å². The van der Waals surface area contributed by atoms with E-state index >= 15 is 0 Å². The van der Waals surface area contributed by atoms with Gasteiger partial charge >= 0.3 is 0 Å². The first-order valence-electron chi connectivity index (χ1n) is 5.50. The molecule has 4 rings (SSSR count). The van der Waals surface area contributed by atoms with Crippen molar-refractivity contribution in [2.75, 3.05) is 0 Å². The van der Waals surface area contributed by atoms with Gasteiger partial charge in [0.1, 0.15) is 11.0 Å². The molecule has 0 atom stereocenters. The Bertz CT molecular complexity index is 772. The predicted molar refractivity (Wildman–Crippen MR) is 65.9 cm³/mol. The highest BCUT2D eigenvalue weighted by molar-refractivity contribution is 5.74. The van der Waals surface area contributed by atoms with Crippen LogP contribution in [0, 0.1) is 0 Å². The zero-order chi connectivity index (χ0) is 11.9. The summed E-state index contributed by atoms with van der Waals surface area (Å²) in [6.45, 7) is 0. The van der Waals surface area contributed by atoms with E-state index in [0.29, 0.717) is 0 Å². The molecule has 0 bridgehead atoms. The summed E-state index contributed by atoms with van der Waals surface area (Å²) < 4.78 is 3.80. The molecule has 86 valence electrons. The van der Waals surface area contributed by atoms with Crippen LogP contribution in [0.5, 0.6) is 0 Å². The van der Waals surface area contributed by atoms with Gasteiger partial charge in [0.2, 0.25) is 0 Å². The van der Waals surface area contributed by atoms with E-state index in [0.717, 1.165) is 22.3 Å². The van der Waals surface area contributed by atoms with Crippen molar-refractivity contribution in [3.63, 3.8) is 0 Å². The fourth-order valence-electron chi connectivity index (χ4n) is 2.04. The second-order valence-corrected chi connectivity index (χ2v) is 3.85. The Morgan fingerprint density at radius 1 is 0.611 bits per heavy atom. The van der Waals surface area contributed by atoms with Crippen LogP contribution in [0.3, 0.4) is 0 Å². The van der Waals surface area contributed by atoms with E-state index in [9.17, 15) is 0 Å². The average molecular weight is 236 g/mol. The monoisotopic (exact) mass is 236 g/mol. The molecule has 0 spiro atoms. The van der Waals surface area contributed by atoms with Gasteiger partial charge in [0.25, 0.3) is 0 Å². The van der Waals surface area contributed by atoms with Gasteiger partial charge in [-0.05, 0) is 12.1 Å². The number of nitrogens with zero attached hydrogens (tertiary/aromatic N) is 6. The Labute approximate surface area is 102 Å². The summed E-state index contributed by atoms with van der Waals surface area (Å²) in [5.41, 5.74) is 3.28. The number of fused-ring (bicyclic) bond motifs is 2. The van der Waals surface area contributed by atoms with Gasteiger partial charge in [-0.2, -0.15) is 0 Å². The van der Waals surface area contributed by atoms with E-state index in [1.807, 2.05) is 33.9 Å². The molecule has 18 heavy (non-hydrogen) atoms. The van der Waals surface area contributed by atoms with Crippen molar-refractivity contribution in [3.8, 4) is 0 Å². The molecule has 0 saturated heterocycles. The first kappa shape index (κ1) is 9.29. The molecule has 6 heteroatoms. The summed E-state index contributed by atoms with van der Waals surface area (Å²) in [5, 5.41) is 0. The Kier molecular flexibility index (Phi) is 1.74. The molecule has 0 aliphatic carbocycles. The molecule has 4 aromatic heterocycles. The van der Waals surface area contributed by atoms with Crippen LogP contribution in [0.4, 0.5) is 0 Å². The molecule has 6 nitrogen and oxygen atoms in total. The largest absolute Gasteiger partial charge is 0.251 e. The van der Waals surface area contributed by atoms with Crippen molar-refractivity contribution in [2.24, 2.45) is 0 Å². The number of hydrogen-bond acceptors (Lipinski definition) is 4. The molecule has 0 fully saturated rings. The Morgan fingerprint density at radius 2 is 1.06 bits per heavy atom. The van der Waals surface area contributed by atoms with Gasteiger partial charge in [-0.15, -0.1) is 0 Å².